The fourth-order valence-corrected chi connectivity index (χ4v) is 5.99. The van der Waals surface area contributed by atoms with Crippen LogP contribution in [0.2, 0.25) is 0 Å². The number of rotatable bonds is 8. The van der Waals surface area contributed by atoms with Crippen LogP contribution in [0.5, 0.6) is 0 Å². The van der Waals surface area contributed by atoms with Gasteiger partial charge in [0.25, 0.3) is 0 Å². The molecule has 0 spiro atoms. The van der Waals surface area contributed by atoms with Crippen molar-refractivity contribution in [3.8, 4) is 11.3 Å². The molecule has 5 nitrogen and oxygen atoms in total. The molecule has 6 rings (SSSR count). The Morgan fingerprint density at radius 1 is 0.809 bits per heavy atom. The number of aromatic nitrogens is 2. The molecule has 0 bridgehead atoms. The van der Waals surface area contributed by atoms with Gasteiger partial charge in [-0.3, -0.25) is 9.78 Å². The molecule has 247 valence electrons. The van der Waals surface area contributed by atoms with Crippen molar-refractivity contribution in [2.45, 2.75) is 81.1 Å². The summed E-state index contributed by atoms with van der Waals surface area (Å²) in [6.07, 6.45) is 4.75. The number of nitrogens with zero attached hydrogens (tertiary/aromatic N) is 2. The maximum absolute atomic E-state index is 12.2. The standard InChI is InChI=1S/C26H17N2O.C15H28O2.Ir/c1-15-14-22-24(19-10-4-3-8-17(15)19)27-16(2)28-25(22)21-12-7-11-20-18-9-5-6-13-23(18)29-26(20)21;1-7-14(5,8-2)12(16)11-13(17)15(6,9-3)10-4;/h3-11,13-14H,1-2H3;11,16H,7-10H2,1-6H3;/q-1;;/b;12-11-;. The molecule has 0 atom stereocenters. The van der Waals surface area contributed by atoms with Gasteiger partial charge in [-0.15, -0.1) is 18.2 Å². The summed E-state index contributed by atoms with van der Waals surface area (Å²) in [6.45, 7) is 16.2. The average molecular weight is 806 g/mol. The number of hydrogen-bond donors (Lipinski definition) is 1. The number of ketones is 1. The summed E-state index contributed by atoms with van der Waals surface area (Å²) in [5.41, 5.74) is 5.01. The molecule has 2 heterocycles. The SMILES string of the molecule is CCC(C)(CC)C(=O)/C=C(\O)C(C)(CC)CC.Cc1nc(-c2[c-]ccc3c2oc2ccccc23)c2cc(C)c3ccccc3c2n1.[Ir]. The van der Waals surface area contributed by atoms with Gasteiger partial charge < -0.3 is 9.52 Å². The molecule has 0 unspecified atom stereocenters. The van der Waals surface area contributed by atoms with Crippen molar-refractivity contribution in [2.24, 2.45) is 10.8 Å². The molecule has 0 aliphatic carbocycles. The number of fused-ring (bicyclic) bond motifs is 6. The Labute approximate surface area is 291 Å². The number of hydrogen-bond acceptors (Lipinski definition) is 5. The fourth-order valence-electron chi connectivity index (χ4n) is 5.99. The molecular weight excluding hydrogens is 761 g/mol. The summed E-state index contributed by atoms with van der Waals surface area (Å²) in [4.78, 5) is 21.8. The molecule has 1 N–H and O–H groups in total. The van der Waals surface area contributed by atoms with Crippen LogP contribution in [-0.4, -0.2) is 20.9 Å². The van der Waals surface area contributed by atoms with Crippen molar-refractivity contribution < 1.29 is 34.4 Å². The molecule has 0 fully saturated rings. The third-order valence-electron chi connectivity index (χ3n) is 10.2. The second kappa shape index (κ2) is 14.5. The molecular formula is C41H45IrN2O3-. The Kier molecular flexibility index (Phi) is 11.1. The minimum absolute atomic E-state index is 0. The van der Waals surface area contributed by atoms with Crippen LogP contribution < -0.4 is 0 Å². The number of carbonyl (C=O) groups is 1. The van der Waals surface area contributed by atoms with E-state index in [1.807, 2.05) is 72.7 Å². The third-order valence-corrected chi connectivity index (χ3v) is 10.2. The quantitative estimate of drug-likeness (QED) is 0.0717. The first-order valence-corrected chi connectivity index (χ1v) is 16.4. The van der Waals surface area contributed by atoms with Crippen LogP contribution in [0, 0.1) is 30.7 Å². The fraction of sp³-hybridized carbons (Fsp3) is 0.341. The van der Waals surface area contributed by atoms with Gasteiger partial charge in [0.1, 0.15) is 17.2 Å². The maximum Gasteiger partial charge on any atom is 0.164 e. The van der Waals surface area contributed by atoms with Crippen LogP contribution in [0.4, 0.5) is 0 Å². The molecule has 0 aliphatic heterocycles. The number of allylic oxidation sites excluding steroid dienone is 2. The van der Waals surface area contributed by atoms with E-state index in [1.54, 1.807) is 0 Å². The average Bonchev–Trinajstić information content (AvgIpc) is 3.47. The number of para-hydroxylation sites is 1. The van der Waals surface area contributed by atoms with Gasteiger partial charge >= 0.3 is 0 Å². The van der Waals surface area contributed by atoms with E-state index < -0.39 is 0 Å². The predicted octanol–water partition coefficient (Wildman–Crippen LogP) is 11.4. The summed E-state index contributed by atoms with van der Waals surface area (Å²) < 4.78 is 6.25. The summed E-state index contributed by atoms with van der Waals surface area (Å²) in [6, 6.07) is 26.1. The van der Waals surface area contributed by atoms with E-state index in [1.165, 1.54) is 17.0 Å². The zero-order valence-corrected chi connectivity index (χ0v) is 31.1. The van der Waals surface area contributed by atoms with E-state index in [4.69, 9.17) is 14.4 Å². The van der Waals surface area contributed by atoms with Crippen molar-refractivity contribution in [3.63, 3.8) is 0 Å². The molecule has 2 aromatic heterocycles. The Balaban J connectivity index is 0.000000242. The van der Waals surface area contributed by atoms with E-state index in [-0.39, 0.29) is 42.5 Å². The Morgan fingerprint density at radius 3 is 2.04 bits per heavy atom. The predicted molar refractivity (Wildman–Crippen MR) is 191 cm³/mol. The minimum atomic E-state index is -0.337. The number of aliphatic hydroxyl groups excluding tert-OH is 1. The monoisotopic (exact) mass is 806 g/mol. The van der Waals surface area contributed by atoms with E-state index in [0.717, 1.165) is 81.0 Å². The smallest absolute Gasteiger partial charge is 0.164 e. The normalized spacial score (nSPS) is 12.3. The second-order valence-corrected chi connectivity index (χ2v) is 12.9. The molecule has 6 aromatic rings. The maximum atomic E-state index is 12.2. The van der Waals surface area contributed by atoms with Crippen molar-refractivity contribution in [1.29, 1.82) is 0 Å². The van der Waals surface area contributed by atoms with Crippen molar-refractivity contribution in [1.82, 2.24) is 9.97 Å². The zero-order valence-electron chi connectivity index (χ0n) is 28.7. The van der Waals surface area contributed by atoms with E-state index in [0.29, 0.717) is 0 Å². The molecule has 47 heavy (non-hydrogen) atoms. The first-order valence-electron chi connectivity index (χ1n) is 16.4. The zero-order chi connectivity index (χ0) is 33.2. The van der Waals surface area contributed by atoms with Gasteiger partial charge in [-0.05, 0) is 61.9 Å². The number of benzene rings is 4. The van der Waals surface area contributed by atoms with Crippen molar-refractivity contribution >= 4 is 49.4 Å². The van der Waals surface area contributed by atoms with Gasteiger partial charge in [0.05, 0.1) is 11.1 Å². The van der Waals surface area contributed by atoms with Crippen LogP contribution in [-0.2, 0) is 24.9 Å². The molecule has 0 amide bonds. The number of carbonyl (C=O) groups excluding carboxylic acids is 1. The van der Waals surface area contributed by atoms with E-state index in [9.17, 15) is 9.90 Å². The Bertz CT molecular complexity index is 2080. The van der Waals surface area contributed by atoms with Gasteiger partial charge in [-0.2, -0.15) is 0 Å². The number of furan rings is 1. The van der Waals surface area contributed by atoms with Crippen molar-refractivity contribution in [2.75, 3.05) is 0 Å². The summed E-state index contributed by atoms with van der Waals surface area (Å²) in [5.74, 6) is 1.02. The first kappa shape index (κ1) is 36.0. The van der Waals surface area contributed by atoms with Gasteiger partial charge in [-0.1, -0.05) is 101 Å². The van der Waals surface area contributed by atoms with Gasteiger partial charge in [0.2, 0.25) is 0 Å². The van der Waals surface area contributed by atoms with Crippen LogP contribution in [0.15, 0.2) is 83.0 Å². The van der Waals surface area contributed by atoms with Gasteiger partial charge in [-0.25, -0.2) is 4.98 Å². The minimum Gasteiger partial charge on any atom is -0.512 e. The molecule has 0 aliphatic rings. The molecule has 0 saturated carbocycles. The first-order chi connectivity index (χ1) is 22.0. The molecule has 1 radical (unpaired) electrons. The van der Waals surface area contributed by atoms with Crippen LogP contribution in [0.25, 0.3) is 54.9 Å². The number of aliphatic hydroxyl groups is 1. The summed E-state index contributed by atoms with van der Waals surface area (Å²) in [7, 11) is 0. The van der Waals surface area contributed by atoms with E-state index in [2.05, 4.69) is 55.5 Å². The second-order valence-electron chi connectivity index (χ2n) is 12.9. The van der Waals surface area contributed by atoms with Crippen LogP contribution in [0.3, 0.4) is 0 Å². The van der Waals surface area contributed by atoms with Crippen LogP contribution in [0.1, 0.15) is 78.6 Å². The third kappa shape index (κ3) is 6.77. The van der Waals surface area contributed by atoms with E-state index >= 15 is 0 Å². The molecule has 4 aromatic carbocycles. The summed E-state index contributed by atoms with van der Waals surface area (Å²) >= 11 is 0. The Hall–Kier alpha value is -3.86. The largest absolute Gasteiger partial charge is 0.512 e. The van der Waals surface area contributed by atoms with Gasteiger partial charge in [0, 0.05) is 53.5 Å². The molecule has 6 heteroatoms. The van der Waals surface area contributed by atoms with Gasteiger partial charge in [0.15, 0.2) is 5.78 Å². The van der Waals surface area contributed by atoms with Crippen LogP contribution >= 0.6 is 0 Å². The Morgan fingerprint density at radius 2 is 1.40 bits per heavy atom. The summed E-state index contributed by atoms with van der Waals surface area (Å²) in [5, 5.41) is 15.7. The molecule has 0 saturated heterocycles. The van der Waals surface area contributed by atoms with Crippen molar-refractivity contribution in [3.05, 3.63) is 96.0 Å². The number of aryl methyl sites for hydroxylation is 2. The topological polar surface area (TPSA) is 76.2 Å².